The number of benzene rings is 3. The Balaban J connectivity index is 1.39. The van der Waals surface area contributed by atoms with Gasteiger partial charge in [-0.25, -0.2) is 4.79 Å². The van der Waals surface area contributed by atoms with Crippen molar-refractivity contribution >= 4 is 5.97 Å². The van der Waals surface area contributed by atoms with Crippen LogP contribution in [0.3, 0.4) is 0 Å². The molecule has 41 heavy (non-hydrogen) atoms. The molecule has 0 spiro atoms. The molecule has 0 N–H and O–H groups in total. The van der Waals surface area contributed by atoms with Crippen molar-refractivity contribution in [3.8, 4) is 28.4 Å². The molecule has 0 amide bonds. The first-order chi connectivity index (χ1) is 20.1. The Morgan fingerprint density at radius 1 is 0.707 bits per heavy atom. The van der Waals surface area contributed by atoms with Crippen molar-refractivity contribution in [3.05, 3.63) is 91.0 Å². The van der Waals surface area contributed by atoms with Crippen LogP contribution >= 0.6 is 0 Å². The number of ether oxygens (including phenoxy) is 3. The summed E-state index contributed by atoms with van der Waals surface area (Å²) in [6, 6.07) is 22.9. The lowest BCUT2D eigenvalue weighted by Crippen LogP contribution is -2.11. The van der Waals surface area contributed by atoms with Gasteiger partial charge in [-0.15, -0.1) is 6.58 Å². The van der Waals surface area contributed by atoms with E-state index in [4.69, 9.17) is 14.2 Å². The summed E-state index contributed by atoms with van der Waals surface area (Å²) >= 11 is 0. The van der Waals surface area contributed by atoms with Crippen molar-refractivity contribution in [2.75, 3.05) is 6.61 Å². The van der Waals surface area contributed by atoms with E-state index >= 15 is 0 Å². The van der Waals surface area contributed by atoms with Gasteiger partial charge in [0.2, 0.25) is 0 Å². The fourth-order valence-corrected chi connectivity index (χ4v) is 4.73. The summed E-state index contributed by atoms with van der Waals surface area (Å²) in [6.07, 6.45) is 16.7. The molecule has 3 aromatic rings. The lowest BCUT2D eigenvalue weighted by molar-refractivity contribution is 0.0734. The van der Waals surface area contributed by atoms with Crippen molar-refractivity contribution in [1.82, 2.24) is 0 Å². The lowest BCUT2D eigenvalue weighted by Gasteiger charge is -2.15. The molecule has 0 bridgehead atoms. The highest BCUT2D eigenvalue weighted by Gasteiger charge is 2.10. The molecule has 0 radical (unpaired) electrons. The van der Waals surface area contributed by atoms with Crippen LogP contribution in [0.2, 0.25) is 0 Å². The number of carbonyl (C=O) groups is 1. The van der Waals surface area contributed by atoms with E-state index < -0.39 is 0 Å². The first-order valence-corrected chi connectivity index (χ1v) is 15.5. The molecule has 3 rings (SSSR count). The molecule has 4 heteroatoms. The van der Waals surface area contributed by atoms with Gasteiger partial charge in [0.15, 0.2) is 0 Å². The van der Waals surface area contributed by atoms with Crippen LogP contribution in [0.1, 0.15) is 101 Å². The highest BCUT2D eigenvalue weighted by Crippen LogP contribution is 2.25. The molecule has 0 fully saturated rings. The average molecular weight is 557 g/mol. The molecular formula is C37H48O4. The van der Waals surface area contributed by atoms with Crippen molar-refractivity contribution in [1.29, 1.82) is 0 Å². The number of hydrogen-bond donors (Lipinski definition) is 0. The Morgan fingerprint density at radius 3 is 1.93 bits per heavy atom. The molecule has 1 unspecified atom stereocenters. The minimum Gasteiger partial charge on any atom is -0.494 e. The Morgan fingerprint density at radius 2 is 1.27 bits per heavy atom. The first-order valence-electron chi connectivity index (χ1n) is 15.5. The van der Waals surface area contributed by atoms with Gasteiger partial charge in [-0.3, -0.25) is 0 Å². The van der Waals surface area contributed by atoms with E-state index in [1.54, 1.807) is 24.3 Å². The van der Waals surface area contributed by atoms with E-state index in [2.05, 4.69) is 32.6 Å². The molecule has 4 nitrogen and oxygen atoms in total. The molecule has 0 aromatic heterocycles. The van der Waals surface area contributed by atoms with Gasteiger partial charge in [-0.2, -0.15) is 0 Å². The standard InChI is InChI=1S/C37H48O4/c1-4-6-8-10-11-12-13-15-29-39-34-23-21-32(22-24-34)31-17-19-33(20-18-31)37(38)41-36-27-25-35(26-28-36)40-30(3)16-14-9-7-5-2/h4,17-28,30H,1,5-16,29H2,2-3H3. The van der Waals surface area contributed by atoms with Crippen LogP contribution < -0.4 is 14.2 Å². The number of esters is 1. The number of carbonyl (C=O) groups excluding carboxylic acids is 1. The lowest BCUT2D eigenvalue weighted by atomic mass is 10.0. The van der Waals surface area contributed by atoms with Crippen LogP contribution in [0, 0.1) is 0 Å². The zero-order chi connectivity index (χ0) is 29.1. The number of rotatable bonds is 20. The van der Waals surface area contributed by atoms with Gasteiger partial charge in [-0.05, 0) is 98.7 Å². The minimum absolute atomic E-state index is 0.167. The van der Waals surface area contributed by atoms with E-state index in [9.17, 15) is 4.79 Å². The second-order valence-electron chi connectivity index (χ2n) is 10.8. The van der Waals surface area contributed by atoms with E-state index in [1.165, 1.54) is 57.8 Å². The van der Waals surface area contributed by atoms with Crippen molar-refractivity contribution in [2.24, 2.45) is 0 Å². The number of unbranched alkanes of at least 4 members (excludes halogenated alkanes) is 9. The first kappa shape index (κ1) is 32.0. The number of allylic oxidation sites excluding steroid dienone is 1. The molecule has 0 aliphatic heterocycles. The second-order valence-corrected chi connectivity index (χ2v) is 10.8. The van der Waals surface area contributed by atoms with Crippen LogP contribution in [-0.2, 0) is 0 Å². The van der Waals surface area contributed by atoms with Gasteiger partial charge in [0, 0.05) is 0 Å². The van der Waals surface area contributed by atoms with Gasteiger partial charge in [0.05, 0.1) is 18.3 Å². The zero-order valence-corrected chi connectivity index (χ0v) is 25.1. The molecule has 3 aromatic carbocycles. The third-order valence-corrected chi connectivity index (χ3v) is 7.22. The quantitative estimate of drug-likeness (QED) is 0.0601. The Labute approximate surface area is 247 Å². The smallest absolute Gasteiger partial charge is 0.343 e. The highest BCUT2D eigenvalue weighted by atomic mass is 16.5. The molecule has 0 aliphatic carbocycles. The van der Waals surface area contributed by atoms with E-state index in [0.29, 0.717) is 11.3 Å². The third-order valence-electron chi connectivity index (χ3n) is 7.22. The van der Waals surface area contributed by atoms with Gasteiger partial charge >= 0.3 is 5.97 Å². The maximum Gasteiger partial charge on any atom is 0.343 e. The molecule has 1 atom stereocenters. The summed E-state index contributed by atoms with van der Waals surface area (Å²) in [4.78, 5) is 12.7. The summed E-state index contributed by atoms with van der Waals surface area (Å²) in [5, 5.41) is 0. The molecular weight excluding hydrogens is 508 g/mol. The van der Waals surface area contributed by atoms with Crippen LogP contribution in [0.5, 0.6) is 17.2 Å². The fraction of sp³-hybridized carbons (Fsp3) is 0.432. The van der Waals surface area contributed by atoms with E-state index in [1.807, 2.05) is 42.5 Å². The van der Waals surface area contributed by atoms with Crippen molar-refractivity contribution < 1.29 is 19.0 Å². The highest BCUT2D eigenvalue weighted by molar-refractivity contribution is 5.91. The molecule has 0 saturated carbocycles. The maximum absolute atomic E-state index is 12.7. The van der Waals surface area contributed by atoms with E-state index in [0.717, 1.165) is 48.5 Å². The molecule has 220 valence electrons. The Hall–Kier alpha value is -3.53. The van der Waals surface area contributed by atoms with Crippen LogP contribution in [-0.4, -0.2) is 18.7 Å². The largest absolute Gasteiger partial charge is 0.494 e. The summed E-state index contributed by atoms with van der Waals surface area (Å²) in [5.41, 5.74) is 2.62. The summed E-state index contributed by atoms with van der Waals surface area (Å²) in [7, 11) is 0. The molecule has 0 saturated heterocycles. The van der Waals surface area contributed by atoms with Crippen LogP contribution in [0.15, 0.2) is 85.5 Å². The van der Waals surface area contributed by atoms with Gasteiger partial charge in [-0.1, -0.05) is 82.2 Å². The maximum atomic E-state index is 12.7. The third kappa shape index (κ3) is 12.3. The molecule has 0 heterocycles. The monoisotopic (exact) mass is 556 g/mol. The minimum atomic E-state index is -0.380. The van der Waals surface area contributed by atoms with Gasteiger partial charge in [0.25, 0.3) is 0 Å². The zero-order valence-electron chi connectivity index (χ0n) is 25.1. The average Bonchev–Trinajstić information content (AvgIpc) is 3.00. The number of hydrogen-bond acceptors (Lipinski definition) is 4. The summed E-state index contributed by atoms with van der Waals surface area (Å²) in [6.45, 7) is 8.84. The van der Waals surface area contributed by atoms with Crippen LogP contribution in [0.25, 0.3) is 11.1 Å². The van der Waals surface area contributed by atoms with Gasteiger partial charge < -0.3 is 14.2 Å². The predicted molar refractivity (Wildman–Crippen MR) is 170 cm³/mol. The van der Waals surface area contributed by atoms with Gasteiger partial charge in [0.1, 0.15) is 17.2 Å². The molecule has 0 aliphatic rings. The summed E-state index contributed by atoms with van der Waals surface area (Å²) < 4.78 is 17.5. The predicted octanol–water partition coefficient (Wildman–Crippen LogP) is 10.6. The van der Waals surface area contributed by atoms with E-state index in [-0.39, 0.29) is 12.1 Å². The van der Waals surface area contributed by atoms with Crippen molar-refractivity contribution in [2.45, 2.75) is 97.0 Å². The SMILES string of the molecule is C=CCCCCCCCCOc1ccc(-c2ccc(C(=O)Oc3ccc(OC(C)CCCCCC)cc3)cc2)cc1. The summed E-state index contributed by atoms with van der Waals surface area (Å²) in [5.74, 6) is 1.80. The normalized spacial score (nSPS) is 11.6. The topological polar surface area (TPSA) is 44.8 Å². The second kappa shape index (κ2) is 18.7. The van der Waals surface area contributed by atoms with Crippen molar-refractivity contribution in [3.63, 3.8) is 0 Å². The van der Waals surface area contributed by atoms with Crippen LogP contribution in [0.4, 0.5) is 0 Å². The fourth-order valence-electron chi connectivity index (χ4n) is 4.73. The Bertz CT molecular complexity index is 1130. The Kier molecular flexibility index (Phi) is 14.6.